The molecule has 3 rings (SSSR count). The Balaban J connectivity index is 2.19. The van der Waals surface area contributed by atoms with E-state index in [9.17, 15) is 0 Å². The Morgan fingerprint density at radius 2 is 2.12 bits per heavy atom. The molecule has 0 saturated heterocycles. The molecule has 0 atom stereocenters. The van der Waals surface area contributed by atoms with Crippen molar-refractivity contribution in [2.45, 2.75) is 19.8 Å². The summed E-state index contributed by atoms with van der Waals surface area (Å²) in [6.07, 6.45) is 8.55. The smallest absolute Gasteiger partial charge is 0.0485 e. The van der Waals surface area contributed by atoms with Gasteiger partial charge in [0.25, 0.3) is 0 Å². The Kier molecular flexibility index (Phi) is 2.52. The summed E-state index contributed by atoms with van der Waals surface area (Å²) in [7, 11) is 0. The first-order valence-electron chi connectivity index (χ1n) is 6.06. The number of nitrogens with zero attached hydrogens (tertiary/aromatic N) is 1. The third kappa shape index (κ3) is 1.89. The minimum absolute atomic E-state index is 1.06. The number of pyridine rings is 1. The normalized spacial score (nSPS) is 13.5. The fraction of sp³-hybridized carbons (Fsp3) is 0.188. The van der Waals surface area contributed by atoms with E-state index in [-0.39, 0.29) is 0 Å². The lowest BCUT2D eigenvalue weighted by molar-refractivity contribution is 0.928. The quantitative estimate of drug-likeness (QED) is 0.708. The largest absolute Gasteiger partial charge is 0.261 e. The minimum Gasteiger partial charge on any atom is -0.261 e. The summed E-state index contributed by atoms with van der Waals surface area (Å²) in [4.78, 5) is 4.48. The second-order valence-electron chi connectivity index (χ2n) is 4.53. The average Bonchev–Trinajstić information content (AvgIpc) is 2.38. The predicted octanol–water partition coefficient (Wildman–Crippen LogP) is 4.02. The maximum Gasteiger partial charge on any atom is 0.0485 e. The molecule has 0 saturated carbocycles. The lowest BCUT2D eigenvalue weighted by atomic mass is 9.93. The van der Waals surface area contributed by atoms with Crippen LogP contribution in [0.2, 0.25) is 0 Å². The molecule has 0 radical (unpaired) electrons. The van der Waals surface area contributed by atoms with E-state index < -0.39 is 0 Å². The van der Waals surface area contributed by atoms with Crippen LogP contribution in [0.3, 0.4) is 0 Å². The van der Waals surface area contributed by atoms with E-state index in [1.807, 2.05) is 6.20 Å². The molecule has 1 nitrogen and oxygen atoms in total. The van der Waals surface area contributed by atoms with E-state index in [0.29, 0.717) is 0 Å². The summed E-state index contributed by atoms with van der Waals surface area (Å²) in [5.41, 5.74) is 6.41. The molecule has 17 heavy (non-hydrogen) atoms. The molecular weight excluding hydrogens is 206 g/mol. The van der Waals surface area contributed by atoms with Gasteiger partial charge in [-0.15, -0.1) is 0 Å². The number of allylic oxidation sites excluding steroid dienone is 1. The van der Waals surface area contributed by atoms with E-state index in [0.717, 1.165) is 12.8 Å². The van der Waals surface area contributed by atoms with Gasteiger partial charge in [-0.1, -0.05) is 42.0 Å². The molecule has 0 bridgehead atoms. The third-order valence-corrected chi connectivity index (χ3v) is 3.23. The maximum absolute atomic E-state index is 4.48. The number of rotatable bonds is 1. The average molecular weight is 221 g/mol. The highest BCUT2D eigenvalue weighted by Gasteiger charge is 2.11. The Labute approximate surface area is 102 Å². The van der Waals surface area contributed by atoms with Crippen molar-refractivity contribution >= 4 is 6.08 Å². The van der Waals surface area contributed by atoms with Gasteiger partial charge in [-0.25, -0.2) is 0 Å². The maximum atomic E-state index is 4.48. The second-order valence-corrected chi connectivity index (χ2v) is 4.53. The molecule has 0 amide bonds. The molecule has 1 aromatic carbocycles. The van der Waals surface area contributed by atoms with Crippen molar-refractivity contribution in [2.75, 3.05) is 0 Å². The number of hydrogen-bond acceptors (Lipinski definition) is 1. The predicted molar refractivity (Wildman–Crippen MR) is 71.8 cm³/mol. The summed E-state index contributed by atoms with van der Waals surface area (Å²) in [5, 5.41) is 0. The summed E-state index contributed by atoms with van der Waals surface area (Å²) in [6, 6.07) is 10.8. The van der Waals surface area contributed by atoms with Gasteiger partial charge in [0.1, 0.15) is 0 Å². The van der Waals surface area contributed by atoms with Gasteiger partial charge >= 0.3 is 0 Å². The highest BCUT2D eigenvalue weighted by molar-refractivity contribution is 5.77. The molecule has 1 aromatic heterocycles. The van der Waals surface area contributed by atoms with E-state index >= 15 is 0 Å². The Morgan fingerprint density at radius 1 is 1.18 bits per heavy atom. The van der Waals surface area contributed by atoms with E-state index in [1.54, 1.807) is 0 Å². The summed E-state index contributed by atoms with van der Waals surface area (Å²) < 4.78 is 0. The minimum atomic E-state index is 1.06. The van der Waals surface area contributed by atoms with Crippen LogP contribution in [-0.4, -0.2) is 4.98 Å². The Morgan fingerprint density at radius 3 is 3.00 bits per heavy atom. The van der Waals surface area contributed by atoms with Crippen LogP contribution in [0.4, 0.5) is 0 Å². The van der Waals surface area contributed by atoms with Gasteiger partial charge in [0.2, 0.25) is 0 Å². The Hall–Kier alpha value is -1.89. The fourth-order valence-electron chi connectivity index (χ4n) is 2.39. The molecule has 84 valence electrons. The molecule has 1 aliphatic rings. The van der Waals surface area contributed by atoms with Crippen molar-refractivity contribution in [3.63, 3.8) is 0 Å². The first-order valence-corrected chi connectivity index (χ1v) is 6.06. The van der Waals surface area contributed by atoms with Crippen LogP contribution < -0.4 is 0 Å². The monoisotopic (exact) mass is 221 g/mol. The molecule has 1 heteroatoms. The summed E-state index contributed by atoms with van der Waals surface area (Å²) in [6.45, 7) is 2.13. The molecule has 2 aromatic rings. The van der Waals surface area contributed by atoms with Crippen molar-refractivity contribution < 1.29 is 0 Å². The molecular formula is C16H15N. The van der Waals surface area contributed by atoms with Gasteiger partial charge in [0.15, 0.2) is 0 Å². The van der Waals surface area contributed by atoms with Crippen LogP contribution in [-0.2, 0) is 6.42 Å². The van der Waals surface area contributed by atoms with Crippen molar-refractivity contribution in [1.82, 2.24) is 4.98 Å². The van der Waals surface area contributed by atoms with Crippen LogP contribution in [0, 0.1) is 6.92 Å². The molecule has 0 unspecified atom stereocenters. The Bertz CT molecular complexity index is 582. The fourth-order valence-corrected chi connectivity index (χ4v) is 2.39. The van der Waals surface area contributed by atoms with Crippen molar-refractivity contribution in [1.29, 1.82) is 0 Å². The lowest BCUT2D eigenvalue weighted by Gasteiger charge is -2.14. The van der Waals surface area contributed by atoms with Crippen molar-refractivity contribution in [3.8, 4) is 11.1 Å². The number of fused-ring (bicyclic) bond motifs is 1. The number of aromatic nitrogens is 1. The molecule has 0 N–H and O–H groups in total. The van der Waals surface area contributed by atoms with Gasteiger partial charge in [-0.3, -0.25) is 4.98 Å². The van der Waals surface area contributed by atoms with Crippen LogP contribution in [0.15, 0.2) is 42.6 Å². The molecule has 0 spiro atoms. The van der Waals surface area contributed by atoms with E-state index in [1.165, 1.54) is 27.9 Å². The van der Waals surface area contributed by atoms with Gasteiger partial charge in [0.05, 0.1) is 0 Å². The van der Waals surface area contributed by atoms with Crippen LogP contribution in [0.25, 0.3) is 17.2 Å². The third-order valence-electron chi connectivity index (χ3n) is 3.23. The van der Waals surface area contributed by atoms with Gasteiger partial charge < -0.3 is 0 Å². The number of aryl methyl sites for hydroxylation is 2. The van der Waals surface area contributed by atoms with Gasteiger partial charge in [-0.05, 0) is 37.0 Å². The molecule has 0 fully saturated rings. The number of benzene rings is 1. The van der Waals surface area contributed by atoms with E-state index in [4.69, 9.17) is 0 Å². The summed E-state index contributed by atoms with van der Waals surface area (Å²) in [5.74, 6) is 0. The van der Waals surface area contributed by atoms with Crippen LogP contribution in [0.5, 0.6) is 0 Å². The SMILES string of the molecule is Cc1cccc(-c2ccnc3c2C=CCC3)c1. The second kappa shape index (κ2) is 4.17. The lowest BCUT2D eigenvalue weighted by Crippen LogP contribution is -1.99. The zero-order valence-electron chi connectivity index (χ0n) is 9.98. The first-order chi connectivity index (χ1) is 8.34. The zero-order chi connectivity index (χ0) is 11.7. The van der Waals surface area contributed by atoms with Gasteiger partial charge in [-0.2, -0.15) is 0 Å². The topological polar surface area (TPSA) is 12.9 Å². The summed E-state index contributed by atoms with van der Waals surface area (Å²) >= 11 is 0. The highest BCUT2D eigenvalue weighted by atomic mass is 14.7. The molecule has 1 heterocycles. The van der Waals surface area contributed by atoms with Crippen molar-refractivity contribution in [3.05, 3.63) is 59.4 Å². The zero-order valence-corrected chi connectivity index (χ0v) is 9.98. The molecule has 0 aliphatic heterocycles. The van der Waals surface area contributed by atoms with E-state index in [2.05, 4.69) is 54.4 Å². The standard InChI is InChI=1S/C16H15N/c1-12-5-4-6-13(11-12)14-9-10-17-16-8-3-2-7-15(14)16/h2,4-7,9-11H,3,8H2,1H3. The van der Waals surface area contributed by atoms with Gasteiger partial charge in [0, 0.05) is 17.5 Å². The van der Waals surface area contributed by atoms with Crippen molar-refractivity contribution in [2.24, 2.45) is 0 Å². The highest BCUT2D eigenvalue weighted by Crippen LogP contribution is 2.29. The first kappa shape index (κ1) is 10.3. The molecule has 1 aliphatic carbocycles. The van der Waals surface area contributed by atoms with Crippen LogP contribution in [0.1, 0.15) is 23.2 Å². The number of hydrogen-bond donors (Lipinski definition) is 0. The van der Waals surface area contributed by atoms with Crippen LogP contribution >= 0.6 is 0 Å².